The molecule has 7 nitrogen and oxygen atoms in total. The molecule has 0 fully saturated rings. The van der Waals surface area contributed by atoms with E-state index in [1.807, 2.05) is 50.4 Å². The molecule has 3 aromatic rings. The van der Waals surface area contributed by atoms with Crippen LogP contribution in [-0.4, -0.2) is 21.8 Å². The second-order valence-electron chi connectivity index (χ2n) is 6.76. The highest BCUT2D eigenvalue weighted by molar-refractivity contribution is 7.14. The van der Waals surface area contributed by atoms with Gasteiger partial charge in [0.1, 0.15) is 5.76 Å². The van der Waals surface area contributed by atoms with Crippen LogP contribution in [0.1, 0.15) is 61.5 Å². The Labute approximate surface area is 167 Å². The maximum Gasteiger partial charge on any atom is 0.279 e. The zero-order valence-electron chi connectivity index (χ0n) is 16.1. The van der Waals surface area contributed by atoms with Crippen LogP contribution in [-0.2, 0) is 4.79 Å². The highest BCUT2D eigenvalue weighted by Gasteiger charge is 2.20. The molecule has 0 aliphatic rings. The average Bonchev–Trinajstić information content (AvgIpc) is 3.30. The number of nitrogens with one attached hydrogen (secondary N) is 2. The first kappa shape index (κ1) is 19.8. The van der Waals surface area contributed by atoms with E-state index in [4.69, 9.17) is 4.42 Å². The van der Waals surface area contributed by atoms with E-state index in [1.54, 1.807) is 0 Å². The van der Waals surface area contributed by atoms with Crippen LogP contribution < -0.4 is 10.6 Å². The Bertz CT molecular complexity index is 976. The molecule has 8 heteroatoms. The van der Waals surface area contributed by atoms with E-state index in [9.17, 15) is 9.59 Å². The van der Waals surface area contributed by atoms with Crippen LogP contribution in [0.3, 0.4) is 0 Å². The lowest BCUT2D eigenvalue weighted by atomic mass is 10.1. The fourth-order valence-corrected chi connectivity index (χ4v) is 3.50. The summed E-state index contributed by atoms with van der Waals surface area (Å²) in [5, 5.41) is 8.01. The quantitative estimate of drug-likeness (QED) is 0.642. The van der Waals surface area contributed by atoms with Crippen LogP contribution in [0.25, 0.3) is 11.3 Å². The summed E-state index contributed by atoms with van der Waals surface area (Å²) in [6.07, 6.45) is 1.28. The number of nitrogens with zero attached hydrogens (tertiary/aromatic N) is 2. The van der Waals surface area contributed by atoms with Gasteiger partial charge in [-0.3, -0.25) is 14.9 Å². The van der Waals surface area contributed by atoms with Crippen molar-refractivity contribution in [3.63, 3.8) is 0 Å². The molecule has 0 aliphatic carbocycles. The van der Waals surface area contributed by atoms with Crippen molar-refractivity contribution in [2.24, 2.45) is 0 Å². The molecule has 2 N–H and O–H groups in total. The summed E-state index contributed by atoms with van der Waals surface area (Å²) in [4.78, 5) is 32.1. The number of carbonyl (C=O) groups excluding carboxylic acids is 2. The number of oxazole rings is 1. The maximum atomic E-state index is 12.5. The van der Waals surface area contributed by atoms with Gasteiger partial charge in [0.2, 0.25) is 5.91 Å². The minimum atomic E-state index is -0.335. The molecule has 0 aliphatic heterocycles. The maximum absolute atomic E-state index is 12.5. The summed E-state index contributed by atoms with van der Waals surface area (Å²) in [5.74, 6) is 0.216. The van der Waals surface area contributed by atoms with Gasteiger partial charge in [0, 0.05) is 23.8 Å². The van der Waals surface area contributed by atoms with Crippen LogP contribution in [0.4, 0.5) is 5.13 Å². The predicted octanol–water partition coefficient (Wildman–Crippen LogP) is 4.37. The molecule has 2 heterocycles. The van der Waals surface area contributed by atoms with E-state index in [2.05, 4.69) is 20.6 Å². The molecule has 1 aromatic carbocycles. The number of benzene rings is 1. The summed E-state index contributed by atoms with van der Waals surface area (Å²) >= 11 is 1.34. The van der Waals surface area contributed by atoms with Gasteiger partial charge in [-0.15, -0.1) is 11.3 Å². The Morgan fingerprint density at radius 1 is 1.14 bits per heavy atom. The second kappa shape index (κ2) is 8.35. The zero-order chi connectivity index (χ0) is 20.3. The number of thiazole rings is 1. The molecule has 0 bridgehead atoms. The van der Waals surface area contributed by atoms with E-state index in [0.29, 0.717) is 10.9 Å². The van der Waals surface area contributed by atoms with E-state index in [0.717, 1.165) is 16.8 Å². The summed E-state index contributed by atoms with van der Waals surface area (Å²) in [6, 6.07) is 7.75. The number of carbonyl (C=O) groups is 2. The van der Waals surface area contributed by atoms with Crippen LogP contribution in [0, 0.1) is 0 Å². The van der Waals surface area contributed by atoms with Crippen LogP contribution in [0.15, 0.2) is 40.5 Å². The third kappa shape index (κ3) is 4.45. The third-order valence-corrected chi connectivity index (χ3v) is 4.94. The first-order chi connectivity index (χ1) is 13.3. The Morgan fingerprint density at radius 2 is 1.86 bits per heavy atom. The van der Waals surface area contributed by atoms with Gasteiger partial charge >= 0.3 is 0 Å². The number of amides is 2. The van der Waals surface area contributed by atoms with Crippen molar-refractivity contribution in [1.29, 1.82) is 0 Å². The summed E-state index contributed by atoms with van der Waals surface area (Å²) in [7, 11) is 0. The molecule has 0 saturated carbocycles. The molecule has 146 valence electrons. The van der Waals surface area contributed by atoms with Gasteiger partial charge in [0.15, 0.2) is 17.2 Å². The molecule has 1 unspecified atom stereocenters. The van der Waals surface area contributed by atoms with Gasteiger partial charge in [-0.25, -0.2) is 9.97 Å². The Morgan fingerprint density at radius 3 is 2.50 bits per heavy atom. The first-order valence-corrected chi connectivity index (χ1v) is 9.80. The Balaban J connectivity index is 1.71. The molecule has 2 aromatic heterocycles. The Hall–Kier alpha value is -3.00. The summed E-state index contributed by atoms with van der Waals surface area (Å²) in [5.41, 5.74) is 2.99. The van der Waals surface area contributed by atoms with Gasteiger partial charge in [-0.1, -0.05) is 38.1 Å². The lowest BCUT2D eigenvalue weighted by Gasteiger charge is -2.13. The average molecular weight is 398 g/mol. The molecule has 2 amide bonds. The van der Waals surface area contributed by atoms with Gasteiger partial charge < -0.3 is 9.73 Å². The number of hydrogen-bond donors (Lipinski definition) is 2. The second-order valence-corrected chi connectivity index (χ2v) is 7.61. The van der Waals surface area contributed by atoms with Gasteiger partial charge in [0.05, 0.1) is 11.7 Å². The molecule has 0 spiro atoms. The lowest BCUT2D eigenvalue weighted by molar-refractivity contribution is -0.119. The van der Waals surface area contributed by atoms with E-state index in [-0.39, 0.29) is 29.5 Å². The Kier molecular flexibility index (Phi) is 5.89. The fraction of sp³-hybridized carbons (Fsp3) is 0.300. The minimum absolute atomic E-state index is 0.0607. The number of anilines is 1. The number of aromatic nitrogens is 2. The van der Waals surface area contributed by atoms with Crippen molar-refractivity contribution >= 4 is 28.3 Å². The van der Waals surface area contributed by atoms with E-state index in [1.165, 1.54) is 24.7 Å². The molecular formula is C20H22N4O3S. The van der Waals surface area contributed by atoms with Crippen molar-refractivity contribution in [3.8, 4) is 11.3 Å². The summed E-state index contributed by atoms with van der Waals surface area (Å²) < 4.78 is 5.30. The molecule has 28 heavy (non-hydrogen) atoms. The van der Waals surface area contributed by atoms with Crippen molar-refractivity contribution < 1.29 is 14.0 Å². The number of hydrogen-bond acceptors (Lipinski definition) is 6. The zero-order valence-corrected chi connectivity index (χ0v) is 17.0. The molecule has 3 rings (SSSR count). The van der Waals surface area contributed by atoms with Crippen molar-refractivity contribution in [1.82, 2.24) is 15.3 Å². The third-order valence-electron chi connectivity index (χ3n) is 4.19. The largest absolute Gasteiger partial charge is 0.447 e. The molecule has 0 radical (unpaired) electrons. The van der Waals surface area contributed by atoms with E-state index >= 15 is 0 Å². The monoisotopic (exact) mass is 398 g/mol. The topological polar surface area (TPSA) is 97.1 Å². The van der Waals surface area contributed by atoms with E-state index < -0.39 is 0 Å². The van der Waals surface area contributed by atoms with Crippen LogP contribution in [0.5, 0.6) is 0 Å². The molecule has 0 saturated heterocycles. The normalized spacial score (nSPS) is 12.0. The SMILES string of the molecule is CC(=O)NC(C)c1ccc(-c2csc(NC(=O)c3ncoc3C(C)C)n2)cc1. The first-order valence-electron chi connectivity index (χ1n) is 8.93. The smallest absolute Gasteiger partial charge is 0.279 e. The lowest BCUT2D eigenvalue weighted by Crippen LogP contribution is -2.23. The highest BCUT2D eigenvalue weighted by atomic mass is 32.1. The fourth-order valence-electron chi connectivity index (χ4n) is 2.79. The highest BCUT2D eigenvalue weighted by Crippen LogP contribution is 2.27. The van der Waals surface area contributed by atoms with Crippen molar-refractivity contribution in [2.75, 3.05) is 5.32 Å². The standard InChI is InChI=1S/C20H22N4O3S/c1-11(2)18-17(21-10-27-18)19(26)24-20-23-16(9-28-20)15-7-5-14(6-8-15)12(3)22-13(4)25/h5-12H,1-4H3,(H,22,25)(H,23,24,26). The number of rotatable bonds is 6. The van der Waals surface area contributed by atoms with Crippen molar-refractivity contribution in [2.45, 2.75) is 39.7 Å². The van der Waals surface area contributed by atoms with Crippen LogP contribution in [0.2, 0.25) is 0 Å². The van der Waals surface area contributed by atoms with Gasteiger partial charge in [-0.2, -0.15) is 0 Å². The van der Waals surface area contributed by atoms with Crippen LogP contribution >= 0.6 is 11.3 Å². The molecular weight excluding hydrogens is 376 g/mol. The summed E-state index contributed by atoms with van der Waals surface area (Å²) in [6.45, 7) is 7.31. The van der Waals surface area contributed by atoms with Gasteiger partial charge in [-0.05, 0) is 12.5 Å². The van der Waals surface area contributed by atoms with Crippen molar-refractivity contribution in [3.05, 3.63) is 53.1 Å². The molecule has 1 atom stereocenters. The van der Waals surface area contributed by atoms with Gasteiger partial charge in [0.25, 0.3) is 5.91 Å². The predicted molar refractivity (Wildman–Crippen MR) is 108 cm³/mol. The minimum Gasteiger partial charge on any atom is -0.447 e.